The quantitative estimate of drug-likeness (QED) is 0.250. The fraction of sp³-hybridized carbons (Fsp3) is 1.00. The minimum Gasteiger partial charge on any atom is -0.756 e. The van der Waals surface area contributed by atoms with E-state index < -0.39 is 45.1 Å². The molecular formula is C6H12NaO9P. The molecule has 0 aliphatic carbocycles. The van der Waals surface area contributed by atoms with Crippen molar-refractivity contribution in [3.05, 3.63) is 0 Å². The van der Waals surface area contributed by atoms with E-state index in [2.05, 4.69) is 9.26 Å². The third-order valence-electron chi connectivity index (χ3n) is 2.09. The molecule has 0 amide bonds. The smallest absolute Gasteiger partial charge is 0.756 e. The van der Waals surface area contributed by atoms with E-state index >= 15 is 0 Å². The second-order valence-electron chi connectivity index (χ2n) is 3.27. The number of ether oxygens (including phenoxy) is 1. The van der Waals surface area contributed by atoms with Gasteiger partial charge < -0.3 is 34.9 Å². The maximum Gasteiger partial charge on any atom is 1.00 e. The van der Waals surface area contributed by atoms with Crippen molar-refractivity contribution in [2.24, 2.45) is 0 Å². The number of hydrogen-bond donors (Lipinski definition) is 5. The van der Waals surface area contributed by atoms with Gasteiger partial charge in [0.25, 0.3) is 7.82 Å². The zero-order chi connectivity index (χ0) is 12.5. The predicted octanol–water partition coefficient (Wildman–Crippen LogP) is -6.73. The van der Waals surface area contributed by atoms with Crippen molar-refractivity contribution in [3.8, 4) is 0 Å². The molecule has 9 nitrogen and oxygen atoms in total. The van der Waals surface area contributed by atoms with Crippen molar-refractivity contribution in [2.45, 2.75) is 30.7 Å². The van der Waals surface area contributed by atoms with Crippen LogP contribution in [-0.2, 0) is 13.8 Å². The maximum absolute atomic E-state index is 10.4. The second kappa shape index (κ2) is 6.90. The van der Waals surface area contributed by atoms with Gasteiger partial charge in [0.15, 0.2) is 6.29 Å². The molecule has 11 heteroatoms. The zero-order valence-electron chi connectivity index (χ0n) is 8.91. The Morgan fingerprint density at radius 1 is 1.24 bits per heavy atom. The molecule has 1 aliphatic rings. The van der Waals surface area contributed by atoms with Crippen molar-refractivity contribution in [1.29, 1.82) is 0 Å². The van der Waals surface area contributed by atoms with E-state index in [1.807, 2.05) is 0 Å². The van der Waals surface area contributed by atoms with Gasteiger partial charge in [-0.2, -0.15) is 0 Å². The van der Waals surface area contributed by atoms with Gasteiger partial charge >= 0.3 is 29.6 Å². The molecule has 5 N–H and O–H groups in total. The van der Waals surface area contributed by atoms with Crippen molar-refractivity contribution < 1.29 is 73.6 Å². The first-order valence-electron chi connectivity index (χ1n) is 4.29. The molecule has 1 saturated heterocycles. The second-order valence-corrected chi connectivity index (χ2v) is 4.42. The average Bonchev–Trinajstić information content (AvgIpc) is 2.17. The number of aliphatic hydroxyl groups excluding tert-OH is 4. The molecule has 17 heavy (non-hydrogen) atoms. The van der Waals surface area contributed by atoms with Gasteiger partial charge in [-0.1, -0.05) is 0 Å². The van der Waals surface area contributed by atoms with E-state index in [1.165, 1.54) is 0 Å². The summed E-state index contributed by atoms with van der Waals surface area (Å²) >= 11 is 0. The van der Waals surface area contributed by atoms with E-state index in [0.29, 0.717) is 0 Å². The average molecular weight is 282 g/mol. The Labute approximate surface area is 119 Å². The molecular weight excluding hydrogens is 270 g/mol. The molecule has 0 spiro atoms. The fourth-order valence-corrected chi connectivity index (χ4v) is 1.72. The van der Waals surface area contributed by atoms with Crippen LogP contribution in [-0.4, -0.2) is 62.6 Å². The summed E-state index contributed by atoms with van der Waals surface area (Å²) in [5.74, 6) is 0. The van der Waals surface area contributed by atoms with Gasteiger partial charge in [0.2, 0.25) is 0 Å². The molecule has 1 aliphatic heterocycles. The first-order chi connectivity index (χ1) is 7.26. The SMILES string of the molecule is O=P([O-])(O)O[C@@H]1O[C@H](CO)[C@@H](O)[C@H](O)[C@H]1O.[Na+]. The van der Waals surface area contributed by atoms with Crippen LogP contribution in [0.25, 0.3) is 0 Å². The van der Waals surface area contributed by atoms with E-state index in [0.717, 1.165) is 0 Å². The summed E-state index contributed by atoms with van der Waals surface area (Å²) in [6.45, 7) is -0.723. The summed E-state index contributed by atoms with van der Waals surface area (Å²) in [4.78, 5) is 18.8. The standard InChI is InChI=1S/C6H13O9P.Na/c7-1-2-3(8)4(9)5(10)6(14-2)15-16(11,12)13;/h2-10H,1H2,(H2,11,12,13);/q;+1/p-1/t2-,3-,4+,5-,6+;/m1./s1. The van der Waals surface area contributed by atoms with Gasteiger partial charge in [0.1, 0.15) is 24.4 Å². The number of phosphoric acid groups is 1. The Balaban J connectivity index is 0.00000256. The molecule has 0 aromatic rings. The Kier molecular flexibility index (Phi) is 7.27. The summed E-state index contributed by atoms with van der Waals surface area (Å²) in [5, 5.41) is 36.5. The molecule has 1 heterocycles. The fourth-order valence-electron chi connectivity index (χ4n) is 1.29. The summed E-state index contributed by atoms with van der Waals surface area (Å²) in [6, 6.07) is 0. The minimum absolute atomic E-state index is 0. The Bertz CT molecular complexity index is 281. The van der Waals surface area contributed by atoms with Crippen molar-refractivity contribution >= 4 is 7.82 Å². The molecule has 0 saturated carbocycles. The molecule has 1 rings (SSSR count). The monoisotopic (exact) mass is 282 g/mol. The van der Waals surface area contributed by atoms with Crippen LogP contribution in [0.5, 0.6) is 0 Å². The van der Waals surface area contributed by atoms with Crippen molar-refractivity contribution in [3.63, 3.8) is 0 Å². The van der Waals surface area contributed by atoms with E-state index in [-0.39, 0.29) is 29.6 Å². The van der Waals surface area contributed by atoms with Crippen LogP contribution in [0.2, 0.25) is 0 Å². The van der Waals surface area contributed by atoms with Crippen LogP contribution in [0.15, 0.2) is 0 Å². The van der Waals surface area contributed by atoms with E-state index in [4.69, 9.17) is 10.00 Å². The van der Waals surface area contributed by atoms with E-state index in [9.17, 15) is 24.8 Å². The Morgan fingerprint density at radius 2 is 1.76 bits per heavy atom. The van der Waals surface area contributed by atoms with Crippen molar-refractivity contribution in [2.75, 3.05) is 6.61 Å². The van der Waals surface area contributed by atoms with E-state index in [1.54, 1.807) is 0 Å². The van der Waals surface area contributed by atoms with Gasteiger partial charge in [-0.3, -0.25) is 9.09 Å². The van der Waals surface area contributed by atoms with Crippen LogP contribution < -0.4 is 34.5 Å². The molecule has 1 unspecified atom stereocenters. The molecule has 1 fully saturated rings. The van der Waals surface area contributed by atoms with Crippen LogP contribution >= 0.6 is 7.82 Å². The molecule has 0 radical (unpaired) electrons. The van der Waals surface area contributed by atoms with Crippen molar-refractivity contribution in [1.82, 2.24) is 0 Å². The first-order valence-corrected chi connectivity index (χ1v) is 5.78. The summed E-state index contributed by atoms with van der Waals surface area (Å²) in [6.07, 6.45) is -8.43. The number of rotatable bonds is 3. The van der Waals surface area contributed by atoms with Gasteiger partial charge in [-0.25, -0.2) is 0 Å². The Hall–Kier alpha value is 0.910. The molecule has 0 aromatic carbocycles. The minimum atomic E-state index is -5.16. The summed E-state index contributed by atoms with van der Waals surface area (Å²) in [7, 11) is -5.16. The maximum atomic E-state index is 10.4. The summed E-state index contributed by atoms with van der Waals surface area (Å²) in [5.41, 5.74) is 0. The molecule has 0 bridgehead atoms. The normalized spacial score (nSPS) is 41.4. The van der Waals surface area contributed by atoms with Crippen LogP contribution in [0.4, 0.5) is 0 Å². The van der Waals surface area contributed by atoms with Gasteiger partial charge in [-0.15, -0.1) is 0 Å². The molecule has 6 atom stereocenters. The van der Waals surface area contributed by atoms with Crippen LogP contribution in [0.1, 0.15) is 0 Å². The van der Waals surface area contributed by atoms with Gasteiger partial charge in [0, 0.05) is 0 Å². The number of phosphoric ester groups is 1. The first kappa shape index (κ1) is 17.9. The third kappa shape index (κ3) is 4.83. The van der Waals surface area contributed by atoms with Crippen LogP contribution in [0, 0.1) is 0 Å². The predicted molar refractivity (Wildman–Crippen MR) is 44.7 cm³/mol. The number of aliphatic hydroxyl groups is 4. The van der Waals surface area contributed by atoms with Gasteiger partial charge in [0.05, 0.1) is 6.61 Å². The number of hydrogen-bond acceptors (Lipinski definition) is 8. The topological polar surface area (TPSA) is 160 Å². The molecule has 96 valence electrons. The van der Waals surface area contributed by atoms with Gasteiger partial charge in [-0.05, 0) is 0 Å². The molecule has 0 aromatic heterocycles. The Morgan fingerprint density at radius 3 is 2.18 bits per heavy atom. The third-order valence-corrected chi connectivity index (χ3v) is 2.56. The zero-order valence-corrected chi connectivity index (χ0v) is 11.8. The largest absolute Gasteiger partial charge is 1.00 e. The van der Waals surface area contributed by atoms with Crippen LogP contribution in [0.3, 0.4) is 0 Å². The summed E-state index contributed by atoms with van der Waals surface area (Å²) < 4.78 is 19.0.